The van der Waals surface area contributed by atoms with Crippen molar-refractivity contribution in [1.29, 1.82) is 0 Å². The zero-order valence-corrected chi connectivity index (χ0v) is 17.3. The minimum Gasteiger partial charge on any atom is -0.497 e. The summed E-state index contributed by atoms with van der Waals surface area (Å²) in [6.07, 6.45) is 0.859. The molecule has 0 bridgehead atoms. The molecular weight excluding hydrogens is 405 g/mol. The van der Waals surface area contributed by atoms with Gasteiger partial charge in [0, 0.05) is 0 Å². The summed E-state index contributed by atoms with van der Waals surface area (Å²) in [6, 6.07) is 22.5. The summed E-state index contributed by atoms with van der Waals surface area (Å²) >= 11 is 12.4. The Kier molecular flexibility index (Phi) is 4.61. The molecule has 146 valence electrons. The van der Waals surface area contributed by atoms with E-state index in [1.54, 1.807) is 7.11 Å². The van der Waals surface area contributed by atoms with Crippen molar-refractivity contribution in [2.24, 2.45) is 0 Å². The molecule has 4 aromatic rings. The number of para-hydroxylation sites is 2. The van der Waals surface area contributed by atoms with Crippen molar-refractivity contribution < 1.29 is 4.74 Å². The van der Waals surface area contributed by atoms with Crippen LogP contribution in [0.3, 0.4) is 0 Å². The third kappa shape index (κ3) is 3.22. The Morgan fingerprint density at radius 3 is 2.48 bits per heavy atom. The second-order valence-electron chi connectivity index (χ2n) is 7.19. The van der Waals surface area contributed by atoms with Gasteiger partial charge in [0.25, 0.3) is 0 Å². The number of nitrogens with zero attached hydrogens (tertiary/aromatic N) is 2. The lowest BCUT2D eigenvalue weighted by atomic mass is 9.93. The van der Waals surface area contributed by atoms with Gasteiger partial charge in [0.2, 0.25) is 5.95 Å². The van der Waals surface area contributed by atoms with Gasteiger partial charge in [-0.05, 0) is 53.9 Å². The van der Waals surface area contributed by atoms with E-state index < -0.39 is 0 Å². The van der Waals surface area contributed by atoms with Gasteiger partial charge in [0.05, 0.1) is 40.3 Å². The third-order valence-corrected chi connectivity index (χ3v) is 6.26. The molecule has 0 fully saturated rings. The smallest absolute Gasteiger partial charge is 0.204 e. The van der Waals surface area contributed by atoms with Crippen molar-refractivity contribution in [3.63, 3.8) is 0 Å². The van der Waals surface area contributed by atoms with Crippen molar-refractivity contribution in [3.8, 4) is 5.75 Å². The number of halogens is 2. The normalized spacial score (nSPS) is 18.3. The van der Waals surface area contributed by atoms with Gasteiger partial charge in [-0.1, -0.05) is 53.5 Å². The molecule has 0 aliphatic carbocycles. The molecule has 1 N–H and O–H groups in total. The number of nitrogens with one attached hydrogen (secondary N) is 1. The Balaban J connectivity index is 1.63. The molecular formula is C23H19Cl2N3O. The maximum absolute atomic E-state index is 6.29. The van der Waals surface area contributed by atoms with E-state index in [0.29, 0.717) is 10.0 Å². The first-order chi connectivity index (χ1) is 14.1. The summed E-state index contributed by atoms with van der Waals surface area (Å²) in [4.78, 5) is 4.85. The second-order valence-corrected chi connectivity index (χ2v) is 8.00. The summed E-state index contributed by atoms with van der Waals surface area (Å²) in [5, 5.41) is 4.72. The van der Waals surface area contributed by atoms with Crippen LogP contribution in [0.25, 0.3) is 11.0 Å². The SMILES string of the molecule is COc1ccc([C@H]2C[C@@H](c3ccc(Cl)c(Cl)c3)Nc3nc4ccccc4n32)cc1. The van der Waals surface area contributed by atoms with Gasteiger partial charge in [0.15, 0.2) is 0 Å². The van der Waals surface area contributed by atoms with E-state index in [4.69, 9.17) is 32.9 Å². The number of imidazole rings is 1. The molecule has 0 unspecified atom stereocenters. The first kappa shape index (κ1) is 18.3. The molecule has 0 amide bonds. The molecule has 0 radical (unpaired) electrons. The highest BCUT2D eigenvalue weighted by atomic mass is 35.5. The molecule has 5 rings (SSSR count). The molecule has 0 saturated heterocycles. The largest absolute Gasteiger partial charge is 0.497 e. The highest BCUT2D eigenvalue weighted by molar-refractivity contribution is 6.42. The zero-order chi connectivity index (χ0) is 20.0. The van der Waals surface area contributed by atoms with Crippen LogP contribution >= 0.6 is 23.2 Å². The van der Waals surface area contributed by atoms with Crippen molar-refractivity contribution in [2.45, 2.75) is 18.5 Å². The highest BCUT2D eigenvalue weighted by Gasteiger charge is 2.31. The quantitative estimate of drug-likeness (QED) is 0.408. The Morgan fingerprint density at radius 2 is 1.72 bits per heavy atom. The lowest BCUT2D eigenvalue weighted by molar-refractivity contribution is 0.414. The zero-order valence-electron chi connectivity index (χ0n) is 15.8. The predicted octanol–water partition coefficient (Wildman–Crippen LogP) is 6.50. The average molecular weight is 424 g/mol. The fraction of sp³-hybridized carbons (Fsp3) is 0.174. The van der Waals surface area contributed by atoms with E-state index in [1.807, 2.05) is 48.5 Å². The van der Waals surface area contributed by atoms with Gasteiger partial charge < -0.3 is 14.6 Å². The molecule has 2 heterocycles. The van der Waals surface area contributed by atoms with Gasteiger partial charge >= 0.3 is 0 Å². The fourth-order valence-corrected chi connectivity index (χ4v) is 4.37. The maximum atomic E-state index is 6.29. The Labute approximate surface area is 179 Å². The number of hydrogen-bond acceptors (Lipinski definition) is 3. The molecule has 1 aliphatic rings. The van der Waals surface area contributed by atoms with Gasteiger partial charge in [-0.15, -0.1) is 0 Å². The summed E-state index contributed by atoms with van der Waals surface area (Å²) in [7, 11) is 1.68. The minimum absolute atomic E-state index is 0.0705. The van der Waals surface area contributed by atoms with Gasteiger partial charge in [-0.3, -0.25) is 0 Å². The number of hydrogen-bond donors (Lipinski definition) is 1. The van der Waals surface area contributed by atoms with Gasteiger partial charge in [-0.25, -0.2) is 4.98 Å². The van der Waals surface area contributed by atoms with Crippen LogP contribution in [0.2, 0.25) is 10.0 Å². The Hall–Kier alpha value is -2.69. The molecule has 3 aromatic carbocycles. The summed E-state index contributed by atoms with van der Waals surface area (Å²) in [5.41, 5.74) is 4.39. The molecule has 1 aromatic heterocycles. The van der Waals surface area contributed by atoms with Crippen LogP contribution in [0.1, 0.15) is 29.6 Å². The van der Waals surface area contributed by atoms with Crippen LogP contribution in [0.15, 0.2) is 66.7 Å². The van der Waals surface area contributed by atoms with E-state index in [-0.39, 0.29) is 12.1 Å². The number of methoxy groups -OCH3 is 1. The van der Waals surface area contributed by atoms with Crippen molar-refractivity contribution >= 4 is 40.2 Å². The number of anilines is 1. The number of fused-ring (bicyclic) bond motifs is 3. The third-order valence-electron chi connectivity index (χ3n) is 5.52. The van der Waals surface area contributed by atoms with E-state index in [1.165, 1.54) is 5.56 Å². The van der Waals surface area contributed by atoms with Crippen LogP contribution in [-0.4, -0.2) is 16.7 Å². The lowest BCUT2D eigenvalue weighted by Crippen LogP contribution is -2.27. The van der Waals surface area contributed by atoms with E-state index in [0.717, 1.165) is 34.7 Å². The number of benzene rings is 3. The molecule has 1 aliphatic heterocycles. The number of aromatic nitrogens is 2. The number of rotatable bonds is 3. The van der Waals surface area contributed by atoms with Crippen LogP contribution in [-0.2, 0) is 0 Å². The van der Waals surface area contributed by atoms with Crippen LogP contribution in [0.5, 0.6) is 5.75 Å². The molecule has 0 spiro atoms. The first-order valence-electron chi connectivity index (χ1n) is 9.46. The Morgan fingerprint density at radius 1 is 0.966 bits per heavy atom. The monoisotopic (exact) mass is 423 g/mol. The second kappa shape index (κ2) is 7.29. The molecule has 0 saturated carbocycles. The minimum atomic E-state index is 0.0705. The number of ether oxygens (including phenoxy) is 1. The van der Waals surface area contributed by atoms with Crippen molar-refractivity contribution in [2.75, 3.05) is 12.4 Å². The predicted molar refractivity (Wildman–Crippen MR) is 118 cm³/mol. The summed E-state index contributed by atoms with van der Waals surface area (Å²) in [6.45, 7) is 0. The van der Waals surface area contributed by atoms with Crippen LogP contribution in [0, 0.1) is 0 Å². The van der Waals surface area contributed by atoms with E-state index in [9.17, 15) is 0 Å². The summed E-state index contributed by atoms with van der Waals surface area (Å²) in [5.74, 6) is 1.70. The van der Waals surface area contributed by atoms with Gasteiger partial charge in [-0.2, -0.15) is 0 Å². The first-order valence-corrected chi connectivity index (χ1v) is 10.2. The maximum Gasteiger partial charge on any atom is 0.204 e. The van der Waals surface area contributed by atoms with Crippen LogP contribution in [0.4, 0.5) is 5.95 Å². The topological polar surface area (TPSA) is 39.1 Å². The van der Waals surface area contributed by atoms with E-state index >= 15 is 0 Å². The average Bonchev–Trinajstić information content (AvgIpc) is 3.13. The van der Waals surface area contributed by atoms with Crippen molar-refractivity contribution in [3.05, 3.63) is 87.9 Å². The fourth-order valence-electron chi connectivity index (χ4n) is 4.06. The molecule has 6 heteroatoms. The molecule has 29 heavy (non-hydrogen) atoms. The van der Waals surface area contributed by atoms with E-state index in [2.05, 4.69) is 28.1 Å². The van der Waals surface area contributed by atoms with Gasteiger partial charge in [0.1, 0.15) is 5.75 Å². The van der Waals surface area contributed by atoms with Crippen LogP contribution < -0.4 is 10.1 Å². The standard InChI is InChI=1S/C23H19Cl2N3O/c1-29-16-9-6-14(7-10-16)22-13-20(15-8-11-17(24)18(25)12-15)27-23-26-19-4-2-3-5-21(19)28(22)23/h2-12,20,22H,13H2,1H3,(H,26,27)/t20-,22+/m0/s1. The summed E-state index contributed by atoms with van der Waals surface area (Å²) < 4.78 is 7.62. The highest BCUT2D eigenvalue weighted by Crippen LogP contribution is 2.42. The Bertz CT molecular complexity index is 1190. The lowest BCUT2D eigenvalue weighted by Gasteiger charge is -2.33. The van der Waals surface area contributed by atoms with Crippen molar-refractivity contribution in [1.82, 2.24) is 9.55 Å². The molecule has 2 atom stereocenters. The molecule has 4 nitrogen and oxygen atoms in total.